The molecule has 1 amide bonds. The topological polar surface area (TPSA) is 78.6 Å². The van der Waals surface area contributed by atoms with E-state index in [2.05, 4.69) is 10.3 Å². The van der Waals surface area contributed by atoms with Gasteiger partial charge in [0.1, 0.15) is 5.52 Å². The van der Waals surface area contributed by atoms with Gasteiger partial charge >= 0.3 is 0 Å². The lowest BCUT2D eigenvalue weighted by Crippen LogP contribution is -2.43. The van der Waals surface area contributed by atoms with Crippen LogP contribution in [-0.2, 0) is 6.54 Å². The molecule has 1 fully saturated rings. The minimum absolute atomic E-state index is 0.0577. The molecular weight excluding hydrogens is 414 g/mol. The predicted octanol–water partition coefficient (Wildman–Crippen LogP) is 5.25. The van der Waals surface area contributed by atoms with Crippen LogP contribution in [0.4, 0.5) is 6.01 Å². The zero-order chi connectivity index (χ0) is 21.8. The van der Waals surface area contributed by atoms with Crippen LogP contribution < -0.4 is 5.32 Å². The van der Waals surface area contributed by atoms with Crippen molar-refractivity contribution < 1.29 is 14.3 Å². The van der Waals surface area contributed by atoms with Gasteiger partial charge in [-0.05, 0) is 55.2 Å². The van der Waals surface area contributed by atoms with Gasteiger partial charge in [-0.1, -0.05) is 43.5 Å². The largest absolute Gasteiger partial charge is 0.424 e. The second-order valence-electron chi connectivity index (χ2n) is 8.14. The maximum absolute atomic E-state index is 13.3. The van der Waals surface area contributed by atoms with Crippen LogP contribution in [0.1, 0.15) is 54.9 Å². The van der Waals surface area contributed by atoms with Crippen LogP contribution in [0.25, 0.3) is 11.1 Å². The summed E-state index contributed by atoms with van der Waals surface area (Å²) in [6, 6.07) is 13.5. The van der Waals surface area contributed by atoms with Gasteiger partial charge in [-0.25, -0.2) is 0 Å². The smallest absolute Gasteiger partial charge is 0.295 e. The van der Waals surface area contributed by atoms with Crippen LogP contribution in [0.15, 0.2) is 46.9 Å². The summed E-state index contributed by atoms with van der Waals surface area (Å²) in [6.45, 7) is 2.83. The van der Waals surface area contributed by atoms with E-state index in [0.717, 1.165) is 31.2 Å². The van der Waals surface area contributed by atoms with Crippen molar-refractivity contribution >= 4 is 34.6 Å². The number of amides is 1. The highest BCUT2D eigenvalue weighted by atomic mass is 35.5. The number of carbonyl (C=O) groups is 1. The number of aliphatic hydroxyl groups excluding tert-OH is 1. The molecule has 0 bridgehead atoms. The molecule has 2 aromatic carbocycles. The minimum atomic E-state index is -0.511. The molecule has 31 heavy (non-hydrogen) atoms. The van der Waals surface area contributed by atoms with E-state index in [1.807, 2.05) is 36.1 Å². The van der Waals surface area contributed by atoms with E-state index in [1.165, 1.54) is 0 Å². The number of fused-ring (bicyclic) bond motifs is 1. The van der Waals surface area contributed by atoms with E-state index in [9.17, 15) is 9.90 Å². The third-order valence-corrected chi connectivity index (χ3v) is 6.11. The van der Waals surface area contributed by atoms with Crippen molar-refractivity contribution in [1.29, 1.82) is 0 Å². The molecule has 164 valence electrons. The highest BCUT2D eigenvalue weighted by molar-refractivity contribution is 6.30. The van der Waals surface area contributed by atoms with Gasteiger partial charge in [0, 0.05) is 29.7 Å². The van der Waals surface area contributed by atoms with Crippen molar-refractivity contribution in [3.63, 3.8) is 0 Å². The third kappa shape index (κ3) is 5.20. The van der Waals surface area contributed by atoms with Crippen LogP contribution in [-0.4, -0.2) is 39.6 Å². The second-order valence-corrected chi connectivity index (χ2v) is 8.58. The first kappa shape index (κ1) is 21.7. The number of carbonyl (C=O) groups excluding carboxylic acids is 1. The molecule has 1 aliphatic carbocycles. The zero-order valence-electron chi connectivity index (χ0n) is 17.7. The van der Waals surface area contributed by atoms with Gasteiger partial charge in [0.15, 0.2) is 5.58 Å². The van der Waals surface area contributed by atoms with Gasteiger partial charge in [-0.2, -0.15) is 4.98 Å². The molecule has 7 heteroatoms. The first-order chi connectivity index (χ1) is 15.0. The zero-order valence-corrected chi connectivity index (χ0v) is 18.4. The Morgan fingerprint density at radius 1 is 1.29 bits per heavy atom. The summed E-state index contributed by atoms with van der Waals surface area (Å²) >= 11 is 6.03. The SMILES string of the molecule is CCC(O)CN(C(=O)c1ccc2oc(NCc3cccc(Cl)c3)nc2c1)C1CCCC1. The summed E-state index contributed by atoms with van der Waals surface area (Å²) in [4.78, 5) is 19.6. The molecule has 3 aromatic rings. The molecule has 1 aliphatic rings. The number of benzene rings is 2. The molecule has 0 radical (unpaired) electrons. The number of hydrogen-bond acceptors (Lipinski definition) is 5. The van der Waals surface area contributed by atoms with Crippen molar-refractivity contribution in [3.05, 3.63) is 58.6 Å². The average molecular weight is 442 g/mol. The number of aromatic nitrogens is 1. The number of oxazole rings is 1. The van der Waals surface area contributed by atoms with Crippen LogP contribution in [0.5, 0.6) is 0 Å². The third-order valence-electron chi connectivity index (χ3n) is 5.87. The van der Waals surface area contributed by atoms with Crippen molar-refractivity contribution in [1.82, 2.24) is 9.88 Å². The van der Waals surface area contributed by atoms with Gasteiger partial charge in [0.25, 0.3) is 11.9 Å². The standard InChI is InChI=1S/C24H28ClN3O3/c1-2-20(29)15-28(19-8-3-4-9-19)23(30)17-10-11-22-21(13-17)27-24(31-22)26-14-16-6-5-7-18(25)12-16/h5-7,10-13,19-20,29H,2-4,8-9,14-15H2,1H3,(H,26,27). The monoisotopic (exact) mass is 441 g/mol. The lowest BCUT2D eigenvalue weighted by atomic mass is 10.1. The molecule has 0 aliphatic heterocycles. The number of rotatable bonds is 8. The van der Waals surface area contributed by atoms with Crippen molar-refractivity contribution in [3.8, 4) is 0 Å². The summed E-state index contributed by atoms with van der Waals surface area (Å²) in [5.74, 6) is -0.0577. The van der Waals surface area contributed by atoms with E-state index in [-0.39, 0.29) is 11.9 Å². The fraction of sp³-hybridized carbons (Fsp3) is 0.417. The second kappa shape index (κ2) is 9.71. The highest BCUT2D eigenvalue weighted by Gasteiger charge is 2.29. The fourth-order valence-corrected chi connectivity index (χ4v) is 4.31. The Bertz CT molecular complexity index is 1050. The van der Waals surface area contributed by atoms with E-state index in [4.69, 9.17) is 16.0 Å². The Morgan fingerprint density at radius 3 is 2.84 bits per heavy atom. The molecule has 2 N–H and O–H groups in total. The van der Waals surface area contributed by atoms with E-state index in [0.29, 0.717) is 47.2 Å². The minimum Gasteiger partial charge on any atom is -0.424 e. The molecule has 1 saturated carbocycles. The van der Waals surface area contributed by atoms with E-state index < -0.39 is 6.10 Å². The van der Waals surface area contributed by atoms with Crippen LogP contribution in [0.3, 0.4) is 0 Å². The molecule has 1 atom stereocenters. The van der Waals surface area contributed by atoms with Crippen molar-refractivity contribution in [2.75, 3.05) is 11.9 Å². The molecule has 0 saturated heterocycles. The maximum atomic E-state index is 13.3. The Kier molecular flexibility index (Phi) is 6.78. The average Bonchev–Trinajstić information content (AvgIpc) is 3.44. The lowest BCUT2D eigenvalue weighted by Gasteiger charge is -2.31. The Balaban J connectivity index is 1.51. The summed E-state index contributed by atoms with van der Waals surface area (Å²) < 4.78 is 5.78. The van der Waals surface area contributed by atoms with Crippen LogP contribution in [0, 0.1) is 0 Å². The maximum Gasteiger partial charge on any atom is 0.295 e. The van der Waals surface area contributed by atoms with Crippen molar-refractivity contribution in [2.45, 2.75) is 57.7 Å². The van der Waals surface area contributed by atoms with Gasteiger partial charge in [0.05, 0.1) is 6.10 Å². The van der Waals surface area contributed by atoms with Gasteiger partial charge < -0.3 is 19.7 Å². The Morgan fingerprint density at radius 2 is 2.10 bits per heavy atom. The summed E-state index contributed by atoms with van der Waals surface area (Å²) in [5, 5.41) is 14.0. The van der Waals surface area contributed by atoms with Crippen molar-refractivity contribution in [2.24, 2.45) is 0 Å². The first-order valence-electron chi connectivity index (χ1n) is 10.9. The number of nitrogens with zero attached hydrogens (tertiary/aromatic N) is 2. The quantitative estimate of drug-likeness (QED) is 0.499. The molecular formula is C24H28ClN3O3. The number of hydrogen-bond donors (Lipinski definition) is 2. The van der Waals surface area contributed by atoms with Gasteiger partial charge in [-0.3, -0.25) is 4.79 Å². The molecule has 1 unspecified atom stereocenters. The van der Waals surface area contributed by atoms with Gasteiger partial charge in [-0.15, -0.1) is 0 Å². The number of anilines is 1. The molecule has 1 aromatic heterocycles. The normalized spacial score (nSPS) is 15.3. The first-order valence-corrected chi connectivity index (χ1v) is 11.3. The molecule has 0 spiro atoms. The lowest BCUT2D eigenvalue weighted by molar-refractivity contribution is 0.0511. The van der Waals surface area contributed by atoms with Gasteiger partial charge in [0.2, 0.25) is 0 Å². The summed E-state index contributed by atoms with van der Waals surface area (Å²) in [7, 11) is 0. The highest BCUT2D eigenvalue weighted by Crippen LogP contribution is 2.27. The van der Waals surface area contributed by atoms with Crippen LogP contribution >= 0.6 is 11.6 Å². The Labute approximate surface area is 187 Å². The fourth-order valence-electron chi connectivity index (χ4n) is 4.10. The van der Waals surface area contributed by atoms with E-state index in [1.54, 1.807) is 18.2 Å². The molecule has 4 rings (SSSR count). The summed E-state index contributed by atoms with van der Waals surface area (Å²) in [6.07, 6.45) is 4.35. The molecule has 1 heterocycles. The predicted molar refractivity (Wildman–Crippen MR) is 122 cm³/mol. The number of halogens is 1. The van der Waals surface area contributed by atoms with Crippen LogP contribution in [0.2, 0.25) is 5.02 Å². The van der Waals surface area contributed by atoms with E-state index >= 15 is 0 Å². The Hall–Kier alpha value is -2.57. The number of aliphatic hydroxyl groups is 1. The summed E-state index contributed by atoms with van der Waals surface area (Å²) in [5.41, 5.74) is 2.83. The molecule has 6 nitrogen and oxygen atoms in total. The number of nitrogens with one attached hydrogen (secondary N) is 1.